The SMILES string of the molecule is CCc1cc2c(cc1CC)OB(O/C(=C\C(=O)c1ccc[nH]1)c1ccc[nH]1)O2. The summed E-state index contributed by atoms with van der Waals surface area (Å²) in [5.41, 5.74) is 3.59. The summed E-state index contributed by atoms with van der Waals surface area (Å²) in [5.74, 6) is 1.45. The highest BCUT2D eigenvalue weighted by Gasteiger charge is 2.39. The van der Waals surface area contributed by atoms with E-state index in [-0.39, 0.29) is 5.78 Å². The van der Waals surface area contributed by atoms with Gasteiger partial charge in [0, 0.05) is 18.5 Å². The topological polar surface area (TPSA) is 76.3 Å². The number of hydrogen-bond donors (Lipinski definition) is 2. The summed E-state index contributed by atoms with van der Waals surface area (Å²) in [5, 5.41) is 0. The summed E-state index contributed by atoms with van der Waals surface area (Å²) in [6, 6.07) is 11.1. The molecule has 1 aliphatic heterocycles. The maximum atomic E-state index is 12.5. The van der Waals surface area contributed by atoms with Crippen LogP contribution >= 0.6 is 0 Å². The Hall–Kier alpha value is -3.35. The Kier molecular flexibility index (Phi) is 4.97. The van der Waals surface area contributed by atoms with Gasteiger partial charge in [-0.15, -0.1) is 0 Å². The van der Waals surface area contributed by atoms with E-state index in [1.165, 1.54) is 17.2 Å². The average molecular weight is 376 g/mol. The van der Waals surface area contributed by atoms with E-state index in [0.717, 1.165) is 12.8 Å². The lowest BCUT2D eigenvalue weighted by Gasteiger charge is -2.10. The van der Waals surface area contributed by atoms with Gasteiger partial charge >= 0.3 is 7.32 Å². The number of aromatic amines is 2. The van der Waals surface area contributed by atoms with Crippen molar-refractivity contribution < 1.29 is 18.8 Å². The van der Waals surface area contributed by atoms with E-state index in [2.05, 4.69) is 23.8 Å². The van der Waals surface area contributed by atoms with Crippen LogP contribution in [-0.2, 0) is 17.5 Å². The monoisotopic (exact) mass is 376 g/mol. The molecule has 3 aromatic rings. The highest BCUT2D eigenvalue weighted by molar-refractivity contribution is 6.41. The van der Waals surface area contributed by atoms with Crippen LogP contribution in [0, 0.1) is 0 Å². The highest BCUT2D eigenvalue weighted by Crippen LogP contribution is 2.37. The Morgan fingerprint density at radius 1 is 1.00 bits per heavy atom. The number of allylic oxidation sites excluding steroid dienone is 1. The maximum absolute atomic E-state index is 12.5. The molecule has 142 valence electrons. The number of fused-ring (bicyclic) bond motifs is 1. The number of aromatic nitrogens is 2. The van der Waals surface area contributed by atoms with Crippen molar-refractivity contribution in [2.45, 2.75) is 26.7 Å². The van der Waals surface area contributed by atoms with Gasteiger partial charge in [-0.2, -0.15) is 0 Å². The normalized spacial score (nSPS) is 13.1. The molecule has 4 rings (SSSR count). The number of benzene rings is 1. The van der Waals surface area contributed by atoms with Crippen LogP contribution in [0.15, 0.2) is 54.9 Å². The Morgan fingerprint density at radius 2 is 1.57 bits per heavy atom. The Bertz CT molecular complexity index is 961. The number of carbonyl (C=O) groups excluding carboxylic acids is 1. The molecule has 0 radical (unpaired) electrons. The largest absolute Gasteiger partial charge is 0.864 e. The fourth-order valence-corrected chi connectivity index (χ4v) is 3.21. The summed E-state index contributed by atoms with van der Waals surface area (Å²) >= 11 is 0. The van der Waals surface area contributed by atoms with Gasteiger partial charge in [-0.05, 0) is 60.4 Å². The van der Waals surface area contributed by atoms with E-state index in [1.54, 1.807) is 24.5 Å². The third-order valence-corrected chi connectivity index (χ3v) is 4.69. The summed E-state index contributed by atoms with van der Waals surface area (Å²) < 4.78 is 17.6. The quantitative estimate of drug-likeness (QED) is 0.281. The van der Waals surface area contributed by atoms with Crippen molar-refractivity contribution in [3.8, 4) is 11.5 Å². The van der Waals surface area contributed by atoms with Crippen molar-refractivity contribution in [1.82, 2.24) is 9.97 Å². The number of hydrogen-bond acceptors (Lipinski definition) is 4. The molecule has 3 heterocycles. The molecule has 1 aromatic carbocycles. The molecule has 0 bridgehead atoms. The second-order valence-electron chi connectivity index (χ2n) is 6.46. The van der Waals surface area contributed by atoms with Crippen LogP contribution < -0.4 is 9.31 Å². The van der Waals surface area contributed by atoms with E-state index < -0.39 is 7.32 Å². The van der Waals surface area contributed by atoms with E-state index >= 15 is 0 Å². The summed E-state index contributed by atoms with van der Waals surface area (Å²) in [4.78, 5) is 18.4. The molecule has 0 unspecified atom stereocenters. The molecule has 0 saturated heterocycles. The molecular weight excluding hydrogens is 355 g/mol. The fourth-order valence-electron chi connectivity index (χ4n) is 3.21. The van der Waals surface area contributed by atoms with Crippen LogP contribution in [0.25, 0.3) is 5.76 Å². The van der Waals surface area contributed by atoms with E-state index in [1.807, 2.05) is 24.3 Å². The van der Waals surface area contributed by atoms with Crippen LogP contribution in [0.1, 0.15) is 41.2 Å². The number of ketones is 1. The van der Waals surface area contributed by atoms with Crippen molar-refractivity contribution in [2.24, 2.45) is 0 Å². The molecule has 0 fully saturated rings. The third-order valence-electron chi connectivity index (χ3n) is 4.69. The number of carbonyl (C=O) groups is 1. The Morgan fingerprint density at radius 3 is 2.07 bits per heavy atom. The van der Waals surface area contributed by atoms with Gasteiger partial charge in [0.15, 0.2) is 0 Å². The van der Waals surface area contributed by atoms with Gasteiger partial charge in [0.25, 0.3) is 0 Å². The minimum Gasteiger partial charge on any atom is -0.488 e. The molecule has 1 aliphatic rings. The zero-order valence-electron chi connectivity index (χ0n) is 15.8. The molecule has 0 saturated carbocycles. The van der Waals surface area contributed by atoms with E-state index in [4.69, 9.17) is 14.0 Å². The lowest BCUT2D eigenvalue weighted by atomic mass is 10.0. The first-order valence-electron chi connectivity index (χ1n) is 9.37. The molecule has 7 heteroatoms. The molecule has 0 atom stereocenters. The van der Waals surface area contributed by atoms with Crippen LogP contribution in [0.5, 0.6) is 11.5 Å². The molecule has 2 aromatic heterocycles. The molecule has 2 N–H and O–H groups in total. The summed E-state index contributed by atoms with van der Waals surface area (Å²) in [7, 11) is -0.960. The van der Waals surface area contributed by atoms with Crippen molar-refractivity contribution in [3.63, 3.8) is 0 Å². The van der Waals surface area contributed by atoms with Crippen molar-refractivity contribution in [1.29, 1.82) is 0 Å². The second-order valence-corrected chi connectivity index (χ2v) is 6.46. The summed E-state index contributed by atoms with van der Waals surface area (Å²) in [6.07, 6.45) is 6.72. The van der Waals surface area contributed by atoms with Gasteiger partial charge in [-0.25, -0.2) is 0 Å². The average Bonchev–Trinajstić information content (AvgIpc) is 3.47. The molecule has 0 amide bonds. The molecule has 0 spiro atoms. The Balaban J connectivity index is 1.57. The van der Waals surface area contributed by atoms with E-state index in [0.29, 0.717) is 28.6 Å². The number of nitrogens with one attached hydrogen (secondary N) is 2. The first kappa shape index (κ1) is 18.0. The minimum atomic E-state index is -0.960. The number of rotatable bonds is 7. The van der Waals surface area contributed by atoms with Crippen LogP contribution in [0.3, 0.4) is 0 Å². The van der Waals surface area contributed by atoms with Gasteiger partial charge in [-0.1, -0.05) is 13.8 Å². The predicted octanol–water partition coefficient (Wildman–Crippen LogP) is 4.16. The molecule has 28 heavy (non-hydrogen) atoms. The van der Waals surface area contributed by atoms with Gasteiger partial charge in [0.2, 0.25) is 5.78 Å². The van der Waals surface area contributed by atoms with Gasteiger partial charge < -0.3 is 23.9 Å². The summed E-state index contributed by atoms with van der Waals surface area (Å²) in [6.45, 7) is 4.23. The van der Waals surface area contributed by atoms with E-state index in [9.17, 15) is 4.79 Å². The zero-order valence-corrected chi connectivity index (χ0v) is 15.8. The van der Waals surface area contributed by atoms with Gasteiger partial charge in [-0.3, -0.25) is 4.79 Å². The Labute approximate surface area is 163 Å². The first-order chi connectivity index (χ1) is 13.7. The predicted molar refractivity (Wildman–Crippen MR) is 107 cm³/mol. The van der Waals surface area contributed by atoms with Crippen LogP contribution in [0.4, 0.5) is 0 Å². The van der Waals surface area contributed by atoms with Crippen LogP contribution in [-0.4, -0.2) is 23.1 Å². The third kappa shape index (κ3) is 3.56. The van der Waals surface area contributed by atoms with Crippen molar-refractivity contribution >= 4 is 18.9 Å². The van der Waals surface area contributed by atoms with Crippen molar-refractivity contribution in [3.05, 3.63) is 77.4 Å². The zero-order chi connectivity index (χ0) is 19.5. The number of H-pyrrole nitrogens is 2. The van der Waals surface area contributed by atoms with Crippen molar-refractivity contribution in [2.75, 3.05) is 0 Å². The highest BCUT2D eigenvalue weighted by atomic mass is 16.8. The maximum Gasteiger partial charge on any atom is 0.864 e. The molecular formula is C21H21BN2O4. The standard InChI is InChI=1S/C21H21BN2O4/c1-3-14-11-20-21(12-15(14)4-2)28-22(27-20)26-19(17-8-6-10-24-17)13-18(25)16-7-5-9-23-16/h5-13,23-24H,3-4H2,1-2H3/b19-13-. The lowest BCUT2D eigenvalue weighted by molar-refractivity contribution is 0.104. The second kappa shape index (κ2) is 7.72. The fraction of sp³-hybridized carbons (Fsp3) is 0.190. The van der Waals surface area contributed by atoms with Gasteiger partial charge in [0.1, 0.15) is 17.3 Å². The number of aryl methyl sites for hydroxylation is 2. The molecule has 0 aliphatic carbocycles. The first-order valence-corrected chi connectivity index (χ1v) is 9.37. The minimum absolute atomic E-state index is 0.202. The lowest BCUT2D eigenvalue weighted by Crippen LogP contribution is -2.28. The molecule has 6 nitrogen and oxygen atoms in total. The van der Waals surface area contributed by atoms with Gasteiger partial charge in [0.05, 0.1) is 11.4 Å². The smallest absolute Gasteiger partial charge is 0.488 e. The van der Waals surface area contributed by atoms with Crippen LogP contribution in [0.2, 0.25) is 0 Å².